The Morgan fingerprint density at radius 2 is 1.86 bits per heavy atom. The van der Waals surface area contributed by atoms with Crippen LogP contribution in [-0.2, 0) is 0 Å². The molecule has 0 bridgehead atoms. The highest BCUT2D eigenvalue weighted by molar-refractivity contribution is 5.94. The summed E-state index contributed by atoms with van der Waals surface area (Å²) in [7, 11) is 0. The zero-order valence-corrected chi connectivity index (χ0v) is 11.1. The molecule has 0 saturated carbocycles. The highest BCUT2D eigenvalue weighted by Gasteiger charge is 2.10. The number of hydrogen-bond acceptors (Lipinski definition) is 4. The Balaban J connectivity index is 2.07. The van der Waals surface area contributed by atoms with Crippen LogP contribution in [0, 0.1) is 21.7 Å². The number of fused-ring (bicyclic) bond motifs is 1. The third kappa shape index (κ3) is 2.56. The number of nitrogens with zero attached hydrogens (tertiary/aromatic N) is 2. The van der Waals surface area contributed by atoms with E-state index in [0.717, 1.165) is 12.1 Å². The second-order valence-corrected chi connectivity index (χ2v) is 4.57. The molecule has 22 heavy (non-hydrogen) atoms. The molecule has 0 aliphatic carbocycles. The molecule has 2 aromatic carbocycles. The molecule has 0 aliphatic heterocycles. The number of pyridine rings is 1. The summed E-state index contributed by atoms with van der Waals surface area (Å²) in [5.41, 5.74) is 1.32. The first kappa shape index (κ1) is 13.9. The quantitative estimate of drug-likeness (QED) is 0.582. The summed E-state index contributed by atoms with van der Waals surface area (Å²) in [6.45, 7) is 0. The fraction of sp³-hybridized carbons (Fsp3) is 0. The van der Waals surface area contributed by atoms with Crippen LogP contribution in [-0.4, -0.2) is 9.91 Å². The number of nitro groups is 1. The molecule has 1 aromatic heterocycles. The molecule has 110 valence electrons. The van der Waals surface area contributed by atoms with E-state index in [1.807, 2.05) is 0 Å². The molecule has 7 heteroatoms. The van der Waals surface area contributed by atoms with Gasteiger partial charge in [0.15, 0.2) is 11.6 Å². The van der Waals surface area contributed by atoms with Crippen molar-refractivity contribution in [3.05, 3.63) is 70.4 Å². The first-order valence-corrected chi connectivity index (χ1v) is 6.30. The molecule has 3 rings (SSSR count). The van der Waals surface area contributed by atoms with Crippen LogP contribution in [0.2, 0.25) is 0 Å². The molecule has 3 aromatic rings. The van der Waals surface area contributed by atoms with Crippen molar-refractivity contribution in [2.45, 2.75) is 0 Å². The lowest BCUT2D eigenvalue weighted by atomic mass is 10.1. The van der Waals surface area contributed by atoms with Crippen molar-refractivity contribution in [1.82, 2.24) is 4.98 Å². The van der Waals surface area contributed by atoms with Crippen LogP contribution in [0.1, 0.15) is 0 Å². The maximum Gasteiger partial charge on any atom is 0.270 e. The first-order chi connectivity index (χ1) is 10.5. The van der Waals surface area contributed by atoms with Gasteiger partial charge < -0.3 is 5.32 Å². The van der Waals surface area contributed by atoms with Crippen LogP contribution in [0.5, 0.6) is 0 Å². The van der Waals surface area contributed by atoms with E-state index >= 15 is 0 Å². The van der Waals surface area contributed by atoms with Crippen molar-refractivity contribution in [3.8, 4) is 0 Å². The Morgan fingerprint density at radius 1 is 1.05 bits per heavy atom. The molecular weight excluding hydrogens is 292 g/mol. The lowest BCUT2D eigenvalue weighted by molar-refractivity contribution is -0.384. The fourth-order valence-electron chi connectivity index (χ4n) is 2.09. The van der Waals surface area contributed by atoms with Gasteiger partial charge in [-0.15, -0.1) is 0 Å². The smallest absolute Gasteiger partial charge is 0.270 e. The van der Waals surface area contributed by atoms with Crippen LogP contribution in [0.3, 0.4) is 0 Å². The highest BCUT2D eigenvalue weighted by Crippen LogP contribution is 2.28. The van der Waals surface area contributed by atoms with E-state index in [0.29, 0.717) is 22.3 Å². The maximum atomic E-state index is 13.2. The summed E-state index contributed by atoms with van der Waals surface area (Å²) >= 11 is 0. The monoisotopic (exact) mass is 301 g/mol. The van der Waals surface area contributed by atoms with Crippen molar-refractivity contribution >= 4 is 28.0 Å². The number of anilines is 2. The number of benzene rings is 2. The van der Waals surface area contributed by atoms with Crippen LogP contribution in [0.4, 0.5) is 25.8 Å². The van der Waals surface area contributed by atoms with E-state index in [4.69, 9.17) is 0 Å². The van der Waals surface area contributed by atoms with Gasteiger partial charge in [0.05, 0.1) is 10.4 Å². The Bertz CT molecular complexity index is 884. The number of rotatable bonds is 3. The van der Waals surface area contributed by atoms with Crippen molar-refractivity contribution < 1.29 is 13.7 Å². The Labute approximate surface area is 123 Å². The summed E-state index contributed by atoms with van der Waals surface area (Å²) in [6.07, 6.45) is 1.52. The van der Waals surface area contributed by atoms with E-state index in [-0.39, 0.29) is 5.69 Å². The van der Waals surface area contributed by atoms with E-state index in [1.165, 1.54) is 30.5 Å². The number of nitrogens with one attached hydrogen (secondary N) is 1. The van der Waals surface area contributed by atoms with Crippen LogP contribution >= 0.6 is 0 Å². The second kappa shape index (κ2) is 5.36. The second-order valence-electron chi connectivity index (χ2n) is 4.57. The number of nitro benzene ring substituents is 1. The molecule has 0 fully saturated rings. The van der Waals surface area contributed by atoms with E-state index < -0.39 is 16.6 Å². The predicted molar refractivity (Wildman–Crippen MR) is 78.0 cm³/mol. The van der Waals surface area contributed by atoms with Gasteiger partial charge in [0.1, 0.15) is 0 Å². The normalized spacial score (nSPS) is 10.6. The van der Waals surface area contributed by atoms with Crippen LogP contribution in [0.15, 0.2) is 48.7 Å². The van der Waals surface area contributed by atoms with Crippen molar-refractivity contribution in [2.24, 2.45) is 0 Å². The molecular formula is C15H9F2N3O2. The maximum absolute atomic E-state index is 13.2. The summed E-state index contributed by atoms with van der Waals surface area (Å²) in [5.74, 6) is -1.92. The summed E-state index contributed by atoms with van der Waals surface area (Å²) < 4.78 is 26.2. The van der Waals surface area contributed by atoms with Crippen molar-refractivity contribution in [2.75, 3.05) is 5.32 Å². The standard InChI is InChI=1S/C15H9F2N3O2/c16-12-3-1-9(7-13(12)17)19-15-5-6-18-14-4-2-10(20(21)22)8-11(14)15/h1-8H,(H,18,19). The largest absolute Gasteiger partial charge is 0.355 e. The lowest BCUT2D eigenvalue weighted by Crippen LogP contribution is -1.95. The van der Waals surface area contributed by atoms with Crippen molar-refractivity contribution in [1.29, 1.82) is 0 Å². The van der Waals surface area contributed by atoms with Gasteiger partial charge in [-0.3, -0.25) is 15.1 Å². The zero-order chi connectivity index (χ0) is 15.7. The number of hydrogen-bond donors (Lipinski definition) is 1. The van der Waals surface area contributed by atoms with Crippen molar-refractivity contribution in [3.63, 3.8) is 0 Å². The summed E-state index contributed by atoms with van der Waals surface area (Å²) in [6, 6.07) is 9.27. The van der Waals surface area contributed by atoms with Crippen LogP contribution < -0.4 is 5.32 Å². The molecule has 0 saturated heterocycles. The van der Waals surface area contributed by atoms with Gasteiger partial charge in [-0.25, -0.2) is 8.78 Å². The molecule has 0 amide bonds. The van der Waals surface area contributed by atoms with E-state index in [1.54, 1.807) is 6.07 Å². The number of aromatic nitrogens is 1. The van der Waals surface area contributed by atoms with E-state index in [2.05, 4.69) is 10.3 Å². The minimum atomic E-state index is -0.977. The summed E-state index contributed by atoms with van der Waals surface area (Å²) in [4.78, 5) is 14.5. The Morgan fingerprint density at radius 3 is 2.59 bits per heavy atom. The average molecular weight is 301 g/mol. The molecule has 0 spiro atoms. The third-order valence-corrected chi connectivity index (χ3v) is 3.13. The number of non-ortho nitro benzene ring substituents is 1. The van der Waals surface area contributed by atoms with Gasteiger partial charge in [-0.05, 0) is 24.3 Å². The van der Waals surface area contributed by atoms with Crippen LogP contribution in [0.25, 0.3) is 10.9 Å². The predicted octanol–water partition coefficient (Wildman–Crippen LogP) is 4.16. The SMILES string of the molecule is O=[N+]([O-])c1ccc2nccc(Nc3ccc(F)c(F)c3)c2c1. The molecule has 1 N–H and O–H groups in total. The minimum absolute atomic E-state index is 0.0752. The molecule has 1 heterocycles. The van der Waals surface area contributed by atoms with Gasteiger partial charge in [-0.1, -0.05) is 0 Å². The Hall–Kier alpha value is -3.09. The van der Waals surface area contributed by atoms with Gasteiger partial charge >= 0.3 is 0 Å². The molecule has 0 radical (unpaired) electrons. The number of halogens is 2. The summed E-state index contributed by atoms with van der Waals surface area (Å²) in [5, 5.41) is 14.3. The third-order valence-electron chi connectivity index (χ3n) is 3.13. The fourth-order valence-corrected chi connectivity index (χ4v) is 2.09. The van der Waals surface area contributed by atoms with Gasteiger partial charge in [0.25, 0.3) is 5.69 Å². The Kier molecular flexibility index (Phi) is 3.38. The molecule has 0 aliphatic rings. The average Bonchev–Trinajstić information content (AvgIpc) is 2.51. The molecule has 5 nitrogen and oxygen atoms in total. The van der Waals surface area contributed by atoms with Gasteiger partial charge in [-0.2, -0.15) is 0 Å². The topological polar surface area (TPSA) is 68.1 Å². The minimum Gasteiger partial charge on any atom is -0.355 e. The highest BCUT2D eigenvalue weighted by atomic mass is 19.2. The molecule has 0 unspecified atom stereocenters. The zero-order valence-electron chi connectivity index (χ0n) is 11.1. The first-order valence-electron chi connectivity index (χ1n) is 6.30. The van der Waals surface area contributed by atoms with Gasteiger partial charge in [0.2, 0.25) is 0 Å². The van der Waals surface area contributed by atoms with Gasteiger partial charge in [0, 0.05) is 41.2 Å². The van der Waals surface area contributed by atoms with E-state index in [9.17, 15) is 18.9 Å². The molecule has 0 atom stereocenters. The lowest BCUT2D eigenvalue weighted by Gasteiger charge is -2.09.